The first-order valence-electron chi connectivity index (χ1n) is 5.65. The molecule has 1 heterocycles. The van der Waals surface area contributed by atoms with Gasteiger partial charge in [0.25, 0.3) is 0 Å². The molecule has 1 aromatic heterocycles. The summed E-state index contributed by atoms with van der Waals surface area (Å²) in [6, 6.07) is 11.7. The van der Waals surface area contributed by atoms with E-state index < -0.39 is 0 Å². The van der Waals surface area contributed by atoms with Crippen molar-refractivity contribution in [2.75, 3.05) is 5.73 Å². The molecule has 7 heteroatoms. The van der Waals surface area contributed by atoms with Crippen LogP contribution in [0.2, 0.25) is 5.28 Å². The summed E-state index contributed by atoms with van der Waals surface area (Å²) < 4.78 is 6.42. The van der Waals surface area contributed by atoms with E-state index in [4.69, 9.17) is 22.1 Å². The minimum Gasteiger partial charge on any atom is -0.423 e. The van der Waals surface area contributed by atoms with E-state index in [-0.39, 0.29) is 17.2 Å². The van der Waals surface area contributed by atoms with Crippen LogP contribution in [0.25, 0.3) is 10.8 Å². The summed E-state index contributed by atoms with van der Waals surface area (Å²) >= 11 is 9.23. The van der Waals surface area contributed by atoms with Gasteiger partial charge >= 0.3 is 6.01 Å². The highest BCUT2D eigenvalue weighted by Gasteiger charge is 2.10. The first-order valence-corrected chi connectivity index (χ1v) is 6.83. The van der Waals surface area contributed by atoms with Gasteiger partial charge in [0.2, 0.25) is 11.2 Å². The fraction of sp³-hybridized carbons (Fsp3) is 0. The molecule has 100 valence electrons. The lowest BCUT2D eigenvalue weighted by Crippen LogP contribution is -2.00. The van der Waals surface area contributed by atoms with Gasteiger partial charge < -0.3 is 10.5 Å². The number of rotatable bonds is 2. The maximum Gasteiger partial charge on any atom is 0.328 e. The van der Waals surface area contributed by atoms with Crippen molar-refractivity contribution >= 4 is 44.3 Å². The average Bonchev–Trinajstić information content (AvgIpc) is 2.41. The standard InChI is InChI=1S/C13H8BrClN4O/c14-10-8-4-2-1-3-7(8)5-6-9(10)20-13-18-11(15)17-12(16)19-13/h1-6H,(H2,16,17,18,19). The van der Waals surface area contributed by atoms with E-state index in [1.807, 2.05) is 36.4 Å². The van der Waals surface area contributed by atoms with Gasteiger partial charge in [0, 0.05) is 0 Å². The highest BCUT2D eigenvalue weighted by Crippen LogP contribution is 2.35. The Morgan fingerprint density at radius 1 is 1.05 bits per heavy atom. The molecule has 0 saturated heterocycles. The largest absolute Gasteiger partial charge is 0.423 e. The second-order valence-electron chi connectivity index (χ2n) is 3.95. The maximum absolute atomic E-state index is 5.72. The molecule has 0 aliphatic heterocycles. The Bertz CT molecular complexity index is 776. The number of hydrogen-bond donors (Lipinski definition) is 1. The number of nitrogens with zero attached hydrogens (tertiary/aromatic N) is 3. The van der Waals surface area contributed by atoms with Crippen LogP contribution in [0.4, 0.5) is 5.95 Å². The SMILES string of the molecule is Nc1nc(Cl)nc(Oc2ccc3ccccc3c2Br)n1. The lowest BCUT2D eigenvalue weighted by Gasteiger charge is -2.08. The third kappa shape index (κ3) is 2.52. The normalized spacial score (nSPS) is 10.7. The van der Waals surface area contributed by atoms with Crippen LogP contribution in [0.5, 0.6) is 11.8 Å². The van der Waals surface area contributed by atoms with E-state index in [1.54, 1.807) is 0 Å². The molecule has 0 bridgehead atoms. The molecule has 20 heavy (non-hydrogen) atoms. The summed E-state index contributed by atoms with van der Waals surface area (Å²) in [6.45, 7) is 0. The number of aromatic nitrogens is 3. The summed E-state index contributed by atoms with van der Waals surface area (Å²) in [7, 11) is 0. The first kappa shape index (κ1) is 13.1. The number of nitrogens with two attached hydrogens (primary N) is 1. The minimum atomic E-state index is -0.00980. The minimum absolute atomic E-state index is 0.00980. The Morgan fingerprint density at radius 2 is 1.85 bits per heavy atom. The first-order chi connectivity index (χ1) is 9.63. The molecular formula is C13H8BrClN4O. The Morgan fingerprint density at radius 3 is 2.65 bits per heavy atom. The van der Waals surface area contributed by atoms with Gasteiger partial charge in [0.1, 0.15) is 5.75 Å². The zero-order chi connectivity index (χ0) is 14.1. The summed E-state index contributed by atoms with van der Waals surface area (Å²) in [4.78, 5) is 11.4. The molecule has 0 atom stereocenters. The highest BCUT2D eigenvalue weighted by atomic mass is 79.9. The summed E-state index contributed by atoms with van der Waals surface area (Å²) in [5, 5.41) is 2.11. The molecule has 0 unspecified atom stereocenters. The van der Waals surface area contributed by atoms with Crippen molar-refractivity contribution in [2.24, 2.45) is 0 Å². The van der Waals surface area contributed by atoms with Crippen molar-refractivity contribution < 1.29 is 4.74 Å². The van der Waals surface area contributed by atoms with E-state index in [2.05, 4.69) is 30.9 Å². The zero-order valence-corrected chi connectivity index (χ0v) is 12.4. The van der Waals surface area contributed by atoms with Gasteiger partial charge in [-0.15, -0.1) is 0 Å². The molecule has 0 radical (unpaired) electrons. The number of anilines is 1. The van der Waals surface area contributed by atoms with Crippen molar-refractivity contribution in [3.63, 3.8) is 0 Å². The number of ether oxygens (including phenoxy) is 1. The lowest BCUT2D eigenvalue weighted by atomic mass is 10.1. The van der Waals surface area contributed by atoms with Crippen molar-refractivity contribution in [2.45, 2.75) is 0 Å². The van der Waals surface area contributed by atoms with Gasteiger partial charge in [-0.05, 0) is 44.4 Å². The molecule has 0 aliphatic carbocycles. The molecule has 0 amide bonds. The van der Waals surface area contributed by atoms with Crippen LogP contribution in [-0.2, 0) is 0 Å². The monoisotopic (exact) mass is 350 g/mol. The summed E-state index contributed by atoms with van der Waals surface area (Å²) in [5.41, 5.74) is 5.50. The van der Waals surface area contributed by atoms with Crippen LogP contribution in [0, 0.1) is 0 Å². The van der Waals surface area contributed by atoms with Gasteiger partial charge in [0.05, 0.1) is 4.47 Å². The van der Waals surface area contributed by atoms with Crippen LogP contribution in [0.3, 0.4) is 0 Å². The Kier molecular flexibility index (Phi) is 3.42. The van der Waals surface area contributed by atoms with Crippen LogP contribution in [-0.4, -0.2) is 15.0 Å². The molecule has 0 fully saturated rings. The number of fused-ring (bicyclic) bond motifs is 1. The fourth-order valence-corrected chi connectivity index (χ4v) is 2.52. The molecule has 0 aliphatic rings. The zero-order valence-electron chi connectivity index (χ0n) is 10.0. The predicted molar refractivity (Wildman–Crippen MR) is 81.0 cm³/mol. The van der Waals surface area contributed by atoms with Crippen molar-refractivity contribution in [1.29, 1.82) is 0 Å². The summed E-state index contributed by atoms with van der Waals surface area (Å²) in [6.07, 6.45) is 0. The van der Waals surface area contributed by atoms with E-state index in [0.717, 1.165) is 15.2 Å². The van der Waals surface area contributed by atoms with Crippen molar-refractivity contribution in [3.8, 4) is 11.8 Å². The van der Waals surface area contributed by atoms with Crippen LogP contribution in [0.1, 0.15) is 0 Å². The molecule has 2 N–H and O–H groups in total. The molecule has 2 aromatic carbocycles. The quantitative estimate of drug-likeness (QED) is 0.760. The molecule has 0 saturated carbocycles. The van der Waals surface area contributed by atoms with Crippen LogP contribution < -0.4 is 10.5 Å². The third-order valence-electron chi connectivity index (χ3n) is 2.63. The lowest BCUT2D eigenvalue weighted by molar-refractivity contribution is 0.439. The fourth-order valence-electron chi connectivity index (χ4n) is 1.78. The molecule has 3 rings (SSSR count). The van der Waals surface area contributed by atoms with Crippen molar-refractivity contribution in [1.82, 2.24) is 15.0 Å². The van der Waals surface area contributed by atoms with Crippen LogP contribution >= 0.6 is 27.5 Å². The smallest absolute Gasteiger partial charge is 0.328 e. The van der Waals surface area contributed by atoms with Crippen molar-refractivity contribution in [3.05, 3.63) is 46.2 Å². The number of hydrogen-bond acceptors (Lipinski definition) is 5. The molecular weight excluding hydrogens is 344 g/mol. The van der Waals surface area contributed by atoms with Crippen LogP contribution in [0.15, 0.2) is 40.9 Å². The number of benzene rings is 2. The topological polar surface area (TPSA) is 73.9 Å². The molecule has 5 nitrogen and oxygen atoms in total. The van der Waals surface area contributed by atoms with E-state index in [1.165, 1.54) is 0 Å². The average molecular weight is 352 g/mol. The van der Waals surface area contributed by atoms with Gasteiger partial charge in [0.15, 0.2) is 0 Å². The van der Waals surface area contributed by atoms with E-state index >= 15 is 0 Å². The van der Waals surface area contributed by atoms with E-state index in [9.17, 15) is 0 Å². The van der Waals surface area contributed by atoms with E-state index in [0.29, 0.717) is 5.75 Å². The Hall–Kier alpha value is -1.92. The van der Waals surface area contributed by atoms with Gasteiger partial charge in [-0.3, -0.25) is 0 Å². The predicted octanol–water partition coefficient (Wildman–Crippen LogP) is 3.82. The highest BCUT2D eigenvalue weighted by molar-refractivity contribution is 9.10. The van der Waals surface area contributed by atoms with Gasteiger partial charge in [-0.2, -0.15) is 15.0 Å². The second-order valence-corrected chi connectivity index (χ2v) is 5.08. The Balaban J connectivity index is 2.04. The number of halogens is 2. The molecule has 0 spiro atoms. The second kappa shape index (κ2) is 5.22. The third-order valence-corrected chi connectivity index (χ3v) is 3.62. The summed E-state index contributed by atoms with van der Waals surface area (Å²) in [5.74, 6) is 0.585. The number of nitrogen functional groups attached to an aromatic ring is 1. The van der Waals surface area contributed by atoms with Gasteiger partial charge in [-0.25, -0.2) is 0 Å². The molecule has 3 aromatic rings. The maximum atomic E-state index is 5.72. The Labute approximate surface area is 127 Å². The van der Waals surface area contributed by atoms with Gasteiger partial charge in [-0.1, -0.05) is 30.3 Å².